The predicted molar refractivity (Wildman–Crippen MR) is 130 cm³/mol. The number of benzene rings is 2. The van der Waals surface area contributed by atoms with Gasteiger partial charge in [-0.05, 0) is 56.0 Å². The van der Waals surface area contributed by atoms with Gasteiger partial charge >= 0.3 is 0 Å². The second-order valence-electron chi connectivity index (χ2n) is 8.43. The summed E-state index contributed by atoms with van der Waals surface area (Å²) in [6, 6.07) is 13.2. The summed E-state index contributed by atoms with van der Waals surface area (Å²) < 4.78 is 5.82. The van der Waals surface area contributed by atoms with E-state index < -0.39 is 0 Å². The van der Waals surface area contributed by atoms with Gasteiger partial charge in [-0.25, -0.2) is 0 Å². The summed E-state index contributed by atoms with van der Waals surface area (Å²) in [7, 11) is 0. The van der Waals surface area contributed by atoms with Crippen molar-refractivity contribution >= 4 is 28.9 Å². The van der Waals surface area contributed by atoms with E-state index in [0.717, 1.165) is 42.0 Å². The molecule has 6 heteroatoms. The zero-order valence-electron chi connectivity index (χ0n) is 19.2. The number of unbranched alkanes of at least 4 members (excludes halogenated alkanes) is 4. The minimum atomic E-state index is -0.145. The van der Waals surface area contributed by atoms with Gasteiger partial charge in [-0.2, -0.15) is 0 Å². The number of rotatable bonds is 13. The quantitative estimate of drug-likeness (QED) is 0.349. The van der Waals surface area contributed by atoms with Crippen molar-refractivity contribution in [3.05, 3.63) is 48.0 Å². The highest BCUT2D eigenvalue weighted by molar-refractivity contribution is 5.96. The van der Waals surface area contributed by atoms with Crippen LogP contribution < -0.4 is 20.7 Å². The molecule has 0 saturated heterocycles. The van der Waals surface area contributed by atoms with Gasteiger partial charge in [0.15, 0.2) is 0 Å². The van der Waals surface area contributed by atoms with E-state index in [1.54, 1.807) is 0 Å². The lowest BCUT2D eigenvalue weighted by atomic mass is 10.1. The van der Waals surface area contributed by atoms with Crippen LogP contribution in [0.25, 0.3) is 0 Å². The second-order valence-corrected chi connectivity index (χ2v) is 8.43. The topological polar surface area (TPSA) is 79.5 Å². The molecule has 0 atom stereocenters. The Morgan fingerprint density at radius 1 is 0.969 bits per heavy atom. The number of anilines is 3. The maximum absolute atomic E-state index is 12.4. The first-order chi connectivity index (χ1) is 15.6. The van der Waals surface area contributed by atoms with Gasteiger partial charge in [-0.15, -0.1) is 0 Å². The molecule has 32 heavy (non-hydrogen) atoms. The van der Waals surface area contributed by atoms with Gasteiger partial charge in [0.1, 0.15) is 5.75 Å². The van der Waals surface area contributed by atoms with E-state index in [-0.39, 0.29) is 24.3 Å². The predicted octanol–water partition coefficient (Wildman–Crippen LogP) is 5.74. The Morgan fingerprint density at radius 2 is 1.72 bits per heavy atom. The molecule has 2 amide bonds. The minimum Gasteiger partial charge on any atom is -0.494 e. The fraction of sp³-hybridized carbons (Fsp3) is 0.462. The molecule has 0 aromatic heterocycles. The molecule has 3 N–H and O–H groups in total. The summed E-state index contributed by atoms with van der Waals surface area (Å²) in [5.74, 6) is 0.846. The first kappa shape index (κ1) is 23.6. The third kappa shape index (κ3) is 7.59. The number of ether oxygens (including phenoxy) is 1. The van der Waals surface area contributed by atoms with Crippen LogP contribution in [0.4, 0.5) is 17.1 Å². The lowest BCUT2D eigenvalue weighted by Gasteiger charge is -2.14. The molecule has 0 spiro atoms. The van der Waals surface area contributed by atoms with Gasteiger partial charge in [0, 0.05) is 29.0 Å². The molecule has 1 aliphatic carbocycles. The Bertz CT molecular complexity index is 909. The van der Waals surface area contributed by atoms with Gasteiger partial charge in [-0.3, -0.25) is 9.59 Å². The highest BCUT2D eigenvalue weighted by atomic mass is 16.5. The Kier molecular flexibility index (Phi) is 8.96. The average molecular weight is 438 g/mol. The summed E-state index contributed by atoms with van der Waals surface area (Å²) in [5.41, 5.74) is 3.24. The number of nitrogens with one attached hydrogen (secondary N) is 3. The van der Waals surface area contributed by atoms with E-state index in [1.165, 1.54) is 25.7 Å². The van der Waals surface area contributed by atoms with Gasteiger partial charge in [-0.1, -0.05) is 44.7 Å². The van der Waals surface area contributed by atoms with Crippen molar-refractivity contribution in [1.29, 1.82) is 0 Å². The fourth-order valence-electron chi connectivity index (χ4n) is 3.48. The normalized spacial score (nSPS) is 12.8. The van der Waals surface area contributed by atoms with Crippen LogP contribution in [-0.4, -0.2) is 25.0 Å². The van der Waals surface area contributed by atoms with Crippen molar-refractivity contribution in [3.8, 4) is 5.75 Å². The number of hydrogen-bond acceptors (Lipinski definition) is 4. The van der Waals surface area contributed by atoms with Crippen LogP contribution >= 0.6 is 0 Å². The molecular formula is C26H35N3O3. The third-order valence-corrected chi connectivity index (χ3v) is 5.61. The van der Waals surface area contributed by atoms with Gasteiger partial charge < -0.3 is 20.7 Å². The number of carbonyl (C=O) groups excluding carboxylic acids is 2. The summed E-state index contributed by atoms with van der Waals surface area (Å²) >= 11 is 0. The van der Waals surface area contributed by atoms with Crippen LogP contribution in [0.15, 0.2) is 42.5 Å². The van der Waals surface area contributed by atoms with Crippen LogP contribution in [0.5, 0.6) is 5.75 Å². The molecular weight excluding hydrogens is 402 g/mol. The van der Waals surface area contributed by atoms with E-state index >= 15 is 0 Å². The maximum Gasteiger partial charge on any atom is 0.243 e. The van der Waals surface area contributed by atoms with Crippen molar-refractivity contribution < 1.29 is 14.3 Å². The largest absolute Gasteiger partial charge is 0.494 e. The number of hydrogen-bond donors (Lipinski definition) is 3. The zero-order valence-corrected chi connectivity index (χ0v) is 19.2. The summed E-state index contributed by atoms with van der Waals surface area (Å²) in [6.45, 7) is 4.96. The Hall–Kier alpha value is -3.02. The molecule has 3 rings (SSSR count). The number of carbonyl (C=O) groups is 2. The Morgan fingerprint density at radius 3 is 2.50 bits per heavy atom. The van der Waals surface area contributed by atoms with Crippen molar-refractivity contribution in [2.45, 2.75) is 58.8 Å². The summed E-state index contributed by atoms with van der Waals surface area (Å²) in [5, 5.41) is 9.06. The first-order valence-corrected chi connectivity index (χ1v) is 11.7. The molecule has 1 aliphatic rings. The monoisotopic (exact) mass is 437 g/mol. The third-order valence-electron chi connectivity index (χ3n) is 5.61. The molecule has 2 aromatic rings. The van der Waals surface area contributed by atoms with Crippen LogP contribution in [0.2, 0.25) is 0 Å². The standard InChI is InChI=1S/C26H35N3O3/c1-3-4-5-6-7-16-32-22-11-8-10-21(17-22)28-25(30)18-27-23-12-9-13-24(19(23)2)29-26(31)20-14-15-20/h8-13,17,20,27H,3-7,14-16,18H2,1-2H3,(H,28,30)(H,29,31). The highest BCUT2D eigenvalue weighted by Crippen LogP contribution is 2.31. The minimum absolute atomic E-state index is 0.0750. The SMILES string of the molecule is CCCCCCCOc1cccc(NC(=O)CNc2cccc(NC(=O)C3CC3)c2C)c1. The van der Waals surface area contributed by atoms with Crippen molar-refractivity contribution in [1.82, 2.24) is 0 Å². The van der Waals surface area contributed by atoms with Gasteiger partial charge in [0.25, 0.3) is 0 Å². The molecule has 0 unspecified atom stereocenters. The van der Waals surface area contributed by atoms with Crippen LogP contribution in [0.3, 0.4) is 0 Å². The molecule has 2 aromatic carbocycles. The van der Waals surface area contributed by atoms with Crippen LogP contribution in [-0.2, 0) is 9.59 Å². The second kappa shape index (κ2) is 12.1. The zero-order chi connectivity index (χ0) is 22.8. The lowest BCUT2D eigenvalue weighted by Crippen LogP contribution is -2.22. The van der Waals surface area contributed by atoms with Gasteiger partial charge in [0.2, 0.25) is 11.8 Å². The molecule has 0 aliphatic heterocycles. The van der Waals surface area contributed by atoms with E-state index in [2.05, 4.69) is 22.9 Å². The molecule has 0 radical (unpaired) electrons. The Balaban J connectivity index is 1.45. The summed E-state index contributed by atoms with van der Waals surface area (Å²) in [6.07, 6.45) is 7.91. The summed E-state index contributed by atoms with van der Waals surface area (Å²) in [4.78, 5) is 24.5. The number of amides is 2. The molecule has 172 valence electrons. The van der Waals surface area contributed by atoms with Crippen LogP contribution in [0.1, 0.15) is 57.4 Å². The molecule has 0 heterocycles. The lowest BCUT2D eigenvalue weighted by molar-refractivity contribution is -0.117. The van der Waals surface area contributed by atoms with E-state index in [4.69, 9.17) is 4.74 Å². The first-order valence-electron chi connectivity index (χ1n) is 11.7. The smallest absolute Gasteiger partial charge is 0.243 e. The van der Waals surface area contributed by atoms with Crippen LogP contribution in [0, 0.1) is 12.8 Å². The molecule has 6 nitrogen and oxygen atoms in total. The van der Waals surface area contributed by atoms with Gasteiger partial charge in [0.05, 0.1) is 13.2 Å². The van der Waals surface area contributed by atoms with E-state index in [0.29, 0.717) is 12.3 Å². The fourth-order valence-corrected chi connectivity index (χ4v) is 3.48. The van der Waals surface area contributed by atoms with E-state index in [1.807, 2.05) is 49.4 Å². The van der Waals surface area contributed by atoms with E-state index in [9.17, 15) is 9.59 Å². The average Bonchev–Trinajstić information content (AvgIpc) is 3.63. The van der Waals surface area contributed by atoms with Crippen molar-refractivity contribution in [3.63, 3.8) is 0 Å². The molecule has 1 saturated carbocycles. The Labute approximate surface area is 191 Å². The highest BCUT2D eigenvalue weighted by Gasteiger charge is 2.29. The molecule has 0 bridgehead atoms. The van der Waals surface area contributed by atoms with Crippen molar-refractivity contribution in [2.75, 3.05) is 29.1 Å². The van der Waals surface area contributed by atoms with Crippen molar-refractivity contribution in [2.24, 2.45) is 5.92 Å². The maximum atomic E-state index is 12.4. The molecule has 1 fully saturated rings.